The zero-order valence-corrected chi connectivity index (χ0v) is 23.4. The molecule has 1 saturated carbocycles. The van der Waals surface area contributed by atoms with Crippen molar-refractivity contribution < 1.29 is 14.3 Å². The fourth-order valence-corrected chi connectivity index (χ4v) is 6.21. The minimum Gasteiger partial charge on any atom is -0.463 e. The van der Waals surface area contributed by atoms with Gasteiger partial charge < -0.3 is 34.1 Å². The molecule has 0 radical (unpaired) electrons. The second-order valence-corrected chi connectivity index (χ2v) is 11.4. The van der Waals surface area contributed by atoms with Gasteiger partial charge in [-0.05, 0) is 52.7 Å². The van der Waals surface area contributed by atoms with Gasteiger partial charge in [-0.3, -0.25) is 4.79 Å². The van der Waals surface area contributed by atoms with E-state index in [1.165, 1.54) is 51.5 Å². The van der Waals surface area contributed by atoms with Gasteiger partial charge in [-0.2, -0.15) is 0 Å². The quantitative estimate of drug-likeness (QED) is 0.521. The van der Waals surface area contributed by atoms with E-state index in [2.05, 4.69) is 29.1 Å². The molecule has 8 nitrogen and oxygen atoms in total. The molecule has 2 aliphatic heterocycles. The van der Waals surface area contributed by atoms with Crippen LogP contribution in [0.5, 0.6) is 0 Å². The van der Waals surface area contributed by atoms with E-state index in [1.54, 1.807) is 6.26 Å². The molecule has 3 aliphatic rings. The topological polar surface area (TPSA) is 77.1 Å². The van der Waals surface area contributed by atoms with E-state index in [1.807, 2.05) is 28.5 Å². The van der Waals surface area contributed by atoms with E-state index in [9.17, 15) is 9.90 Å². The highest BCUT2D eigenvalue weighted by Crippen LogP contribution is 2.32. The number of piperazine rings is 1. The number of carbonyl (C=O) groups is 1. The van der Waals surface area contributed by atoms with Crippen LogP contribution in [0.1, 0.15) is 75.7 Å². The fourth-order valence-electron chi connectivity index (χ4n) is 6.21. The molecule has 5 rings (SSSR count). The van der Waals surface area contributed by atoms with Crippen molar-refractivity contribution in [1.29, 1.82) is 0 Å². The maximum absolute atomic E-state index is 13.2. The number of carbonyl (C=O) groups excluding carboxylic acids is 1. The first-order valence-corrected chi connectivity index (χ1v) is 14.6. The summed E-state index contributed by atoms with van der Waals surface area (Å²) in [4.78, 5) is 20.1. The van der Waals surface area contributed by atoms with Crippen molar-refractivity contribution in [3.8, 4) is 0 Å². The van der Waals surface area contributed by atoms with Crippen LogP contribution in [0.15, 0.2) is 22.8 Å². The van der Waals surface area contributed by atoms with Gasteiger partial charge in [-0.25, -0.2) is 0 Å². The summed E-state index contributed by atoms with van der Waals surface area (Å²) in [6.07, 6.45) is 12.4. The van der Waals surface area contributed by atoms with E-state index in [0.717, 1.165) is 56.3 Å². The van der Waals surface area contributed by atoms with Crippen LogP contribution in [0.2, 0.25) is 0 Å². The van der Waals surface area contributed by atoms with Crippen molar-refractivity contribution in [3.05, 3.63) is 24.1 Å². The third-order valence-corrected chi connectivity index (χ3v) is 8.60. The lowest BCUT2D eigenvalue weighted by Crippen LogP contribution is -2.59. The van der Waals surface area contributed by atoms with Crippen LogP contribution in [-0.2, 0) is 6.54 Å². The summed E-state index contributed by atoms with van der Waals surface area (Å²) in [7, 11) is 2.08. The molecule has 1 aliphatic carbocycles. The normalized spacial score (nSPS) is 24.1. The van der Waals surface area contributed by atoms with Gasteiger partial charge in [0.25, 0.3) is 5.91 Å². The first-order chi connectivity index (χ1) is 18.0. The summed E-state index contributed by atoms with van der Waals surface area (Å²) in [6.45, 7) is 12.1. The number of rotatable bonds is 8. The minimum atomic E-state index is -0.590. The standard InChI is InChI=1S/C21H32N4O3.C8H17N/c1-3-6-22-9-11-23(12-10-22)7-4-8-25-20(27)18-14-19-17(5-13-28-19)24(18)15-21(25,2)16-26;1-9-8-6-4-2-3-5-7-8/h5,13-14,26H,3-4,6-12,15-16H2,1-2H3;8-9H,2-7H2,1H3. The number of furan rings is 1. The lowest BCUT2D eigenvalue weighted by Gasteiger charge is -2.44. The Hall–Kier alpha value is -1.87. The number of fused-ring (bicyclic) bond motifs is 3. The Bertz CT molecular complexity index is 972. The van der Waals surface area contributed by atoms with Crippen molar-refractivity contribution in [2.24, 2.45) is 0 Å². The van der Waals surface area contributed by atoms with E-state index in [-0.39, 0.29) is 12.5 Å². The van der Waals surface area contributed by atoms with Gasteiger partial charge in [0.15, 0.2) is 5.58 Å². The van der Waals surface area contributed by atoms with E-state index >= 15 is 0 Å². The van der Waals surface area contributed by atoms with Crippen LogP contribution in [-0.4, -0.2) is 101 Å². The molecule has 4 heterocycles. The summed E-state index contributed by atoms with van der Waals surface area (Å²) in [5.41, 5.74) is 1.73. The molecule has 37 heavy (non-hydrogen) atoms. The largest absolute Gasteiger partial charge is 0.463 e. The van der Waals surface area contributed by atoms with Gasteiger partial charge in [-0.15, -0.1) is 0 Å². The van der Waals surface area contributed by atoms with Crippen LogP contribution in [0.3, 0.4) is 0 Å². The number of amides is 1. The number of hydrogen-bond donors (Lipinski definition) is 2. The van der Waals surface area contributed by atoms with E-state index in [4.69, 9.17) is 4.42 Å². The molecule has 0 bridgehead atoms. The third kappa shape index (κ3) is 6.77. The summed E-state index contributed by atoms with van der Waals surface area (Å²) in [5, 5.41) is 13.4. The van der Waals surface area contributed by atoms with Gasteiger partial charge in [-0.1, -0.05) is 32.6 Å². The molecule has 1 amide bonds. The molecule has 1 atom stereocenters. The molecule has 1 unspecified atom stereocenters. The second-order valence-electron chi connectivity index (χ2n) is 11.4. The van der Waals surface area contributed by atoms with Crippen LogP contribution in [0, 0.1) is 0 Å². The average Bonchev–Trinajstić information content (AvgIpc) is 3.40. The van der Waals surface area contributed by atoms with Crippen molar-refractivity contribution >= 4 is 17.0 Å². The lowest BCUT2D eigenvalue weighted by molar-refractivity contribution is 0.0116. The van der Waals surface area contributed by atoms with Gasteiger partial charge in [0, 0.05) is 57.4 Å². The van der Waals surface area contributed by atoms with Crippen molar-refractivity contribution in [2.75, 3.05) is 59.5 Å². The summed E-state index contributed by atoms with van der Waals surface area (Å²) < 4.78 is 7.46. The number of aliphatic hydroxyl groups is 1. The Balaban J connectivity index is 0.000000301. The number of aromatic nitrogens is 1. The van der Waals surface area contributed by atoms with Crippen molar-refractivity contribution in [1.82, 2.24) is 24.6 Å². The zero-order chi connectivity index (χ0) is 26.3. The number of nitrogens with zero attached hydrogens (tertiary/aromatic N) is 4. The van der Waals surface area contributed by atoms with Gasteiger partial charge in [0.05, 0.1) is 23.9 Å². The summed E-state index contributed by atoms with van der Waals surface area (Å²) in [6, 6.07) is 4.54. The molecule has 208 valence electrons. The molecule has 2 aromatic heterocycles. The van der Waals surface area contributed by atoms with Crippen LogP contribution >= 0.6 is 0 Å². The molecular formula is C29H49N5O3. The van der Waals surface area contributed by atoms with E-state index in [0.29, 0.717) is 18.8 Å². The van der Waals surface area contributed by atoms with Crippen LogP contribution in [0.25, 0.3) is 11.1 Å². The molecular weight excluding hydrogens is 466 g/mol. The zero-order valence-electron chi connectivity index (χ0n) is 23.4. The maximum Gasteiger partial charge on any atom is 0.271 e. The Labute approximate surface area is 222 Å². The predicted octanol–water partition coefficient (Wildman–Crippen LogP) is 3.79. The molecule has 8 heteroatoms. The summed E-state index contributed by atoms with van der Waals surface area (Å²) in [5.74, 6) is -0.0121. The predicted molar refractivity (Wildman–Crippen MR) is 149 cm³/mol. The minimum absolute atomic E-state index is 0.0121. The van der Waals surface area contributed by atoms with Gasteiger partial charge >= 0.3 is 0 Å². The highest BCUT2D eigenvalue weighted by Gasteiger charge is 2.42. The second kappa shape index (κ2) is 13.3. The van der Waals surface area contributed by atoms with Gasteiger partial charge in [0.1, 0.15) is 5.69 Å². The van der Waals surface area contributed by atoms with Crippen molar-refractivity contribution in [3.63, 3.8) is 0 Å². The number of nitrogens with one attached hydrogen (secondary N) is 1. The van der Waals surface area contributed by atoms with Gasteiger partial charge in [0.2, 0.25) is 0 Å². The smallest absolute Gasteiger partial charge is 0.271 e. The first-order valence-electron chi connectivity index (χ1n) is 14.6. The Morgan fingerprint density at radius 1 is 1.05 bits per heavy atom. The Morgan fingerprint density at radius 2 is 1.73 bits per heavy atom. The molecule has 2 fully saturated rings. The lowest BCUT2D eigenvalue weighted by atomic mass is 9.97. The molecule has 1 saturated heterocycles. The van der Waals surface area contributed by atoms with Crippen molar-refractivity contribution in [2.45, 2.75) is 83.3 Å². The average molecular weight is 516 g/mol. The van der Waals surface area contributed by atoms with Crippen LogP contribution < -0.4 is 5.32 Å². The highest BCUT2D eigenvalue weighted by atomic mass is 16.3. The SMILES string of the molecule is CCCN1CCN(CCCN2C(=O)c3cc4occc4n3CC2(C)CO)CC1.CNC1CCCCCC1. The maximum atomic E-state index is 13.2. The Morgan fingerprint density at radius 3 is 2.35 bits per heavy atom. The molecule has 0 spiro atoms. The monoisotopic (exact) mass is 515 g/mol. The van der Waals surface area contributed by atoms with Crippen LogP contribution in [0.4, 0.5) is 0 Å². The molecule has 2 N–H and O–H groups in total. The first kappa shape index (κ1) is 28.1. The summed E-state index contributed by atoms with van der Waals surface area (Å²) >= 11 is 0. The number of hydrogen-bond acceptors (Lipinski definition) is 6. The number of aliphatic hydroxyl groups excluding tert-OH is 1. The fraction of sp³-hybridized carbons (Fsp3) is 0.759. The molecule has 2 aromatic rings. The Kier molecular flexibility index (Phi) is 10.1. The third-order valence-electron chi connectivity index (χ3n) is 8.60. The molecule has 0 aromatic carbocycles. The highest BCUT2D eigenvalue weighted by molar-refractivity contribution is 5.98. The van der Waals surface area contributed by atoms with E-state index < -0.39 is 5.54 Å².